The van der Waals surface area contributed by atoms with Gasteiger partial charge in [0.15, 0.2) is 6.54 Å². The topological polar surface area (TPSA) is 88.8 Å². The fourth-order valence-corrected chi connectivity index (χ4v) is 3.49. The first kappa shape index (κ1) is 19.1. The summed E-state index contributed by atoms with van der Waals surface area (Å²) in [6, 6.07) is 12.8. The molecule has 0 saturated carbocycles. The van der Waals surface area contributed by atoms with Crippen molar-refractivity contribution in [2.45, 2.75) is 32.2 Å². The monoisotopic (exact) mass is 360 g/mol. The lowest BCUT2D eigenvalue weighted by atomic mass is 10.0. The molecule has 0 unspecified atom stereocenters. The summed E-state index contributed by atoms with van der Waals surface area (Å²) in [5, 5.41) is 6.56. The number of quaternary nitrogens is 1. The summed E-state index contributed by atoms with van der Waals surface area (Å²) in [7, 11) is 0. The highest BCUT2D eigenvalue weighted by atomic mass is 32.1. The molecule has 5 nitrogen and oxygen atoms in total. The van der Waals surface area contributed by atoms with E-state index in [1.807, 2.05) is 16.8 Å². The molecule has 5 N–H and O–H groups in total. The van der Waals surface area contributed by atoms with Crippen molar-refractivity contribution in [1.82, 2.24) is 5.32 Å². The number of amides is 2. The minimum absolute atomic E-state index is 0.0690. The highest BCUT2D eigenvalue weighted by molar-refractivity contribution is 7.10. The third-order valence-electron chi connectivity index (χ3n) is 4.01. The van der Waals surface area contributed by atoms with Crippen LogP contribution < -0.4 is 16.4 Å². The Labute approximate surface area is 152 Å². The third-order valence-corrected chi connectivity index (χ3v) is 4.96. The number of hydrogen-bond acceptors (Lipinski definition) is 3. The van der Waals surface area contributed by atoms with Gasteiger partial charge in [0.2, 0.25) is 5.91 Å². The smallest absolute Gasteiger partial charge is 0.275 e. The molecule has 0 aliphatic rings. The minimum atomic E-state index is -0.536. The maximum Gasteiger partial charge on any atom is 0.275 e. The van der Waals surface area contributed by atoms with Crippen LogP contribution >= 0.6 is 11.3 Å². The second-order valence-electron chi connectivity index (χ2n) is 6.02. The zero-order valence-corrected chi connectivity index (χ0v) is 15.4. The van der Waals surface area contributed by atoms with E-state index in [4.69, 9.17) is 5.73 Å². The number of rotatable bonds is 10. The zero-order chi connectivity index (χ0) is 18.1. The van der Waals surface area contributed by atoms with Gasteiger partial charge in [0.05, 0.1) is 11.4 Å². The molecule has 1 heterocycles. The number of nitrogens with two attached hydrogens (primary N) is 2. The second kappa shape index (κ2) is 9.96. The first-order valence-corrected chi connectivity index (χ1v) is 9.48. The van der Waals surface area contributed by atoms with Crippen molar-refractivity contribution in [3.63, 3.8) is 0 Å². The van der Waals surface area contributed by atoms with Crippen LogP contribution in [0.5, 0.6) is 0 Å². The lowest BCUT2D eigenvalue weighted by Crippen LogP contribution is -2.87. The molecule has 1 atom stereocenters. The van der Waals surface area contributed by atoms with Crippen LogP contribution in [0.15, 0.2) is 41.8 Å². The van der Waals surface area contributed by atoms with Gasteiger partial charge in [-0.2, -0.15) is 0 Å². The third kappa shape index (κ3) is 6.32. The van der Waals surface area contributed by atoms with Crippen LogP contribution in [0.2, 0.25) is 0 Å². The van der Waals surface area contributed by atoms with Gasteiger partial charge >= 0.3 is 0 Å². The largest absolute Gasteiger partial charge is 0.368 e. The fourth-order valence-electron chi connectivity index (χ4n) is 2.64. The van der Waals surface area contributed by atoms with Gasteiger partial charge < -0.3 is 16.4 Å². The normalized spacial score (nSPS) is 11.9. The zero-order valence-electron chi connectivity index (χ0n) is 14.5. The fraction of sp³-hybridized carbons (Fsp3) is 0.368. The molecular weight excluding hydrogens is 334 g/mol. The Morgan fingerprint density at radius 3 is 2.60 bits per heavy atom. The molecule has 0 radical (unpaired) electrons. The summed E-state index contributed by atoms with van der Waals surface area (Å²) >= 11 is 1.68. The second-order valence-corrected chi connectivity index (χ2v) is 7.00. The average Bonchev–Trinajstić information content (AvgIpc) is 3.13. The lowest BCUT2D eigenvalue weighted by Gasteiger charge is -2.15. The molecule has 0 saturated heterocycles. The van der Waals surface area contributed by atoms with Crippen molar-refractivity contribution in [3.8, 4) is 0 Å². The van der Waals surface area contributed by atoms with E-state index in [1.54, 1.807) is 11.3 Å². The Kier molecular flexibility index (Phi) is 7.63. The quantitative estimate of drug-likeness (QED) is 0.597. The lowest BCUT2D eigenvalue weighted by molar-refractivity contribution is -0.676. The van der Waals surface area contributed by atoms with Gasteiger partial charge in [-0.25, -0.2) is 0 Å². The van der Waals surface area contributed by atoms with Crippen LogP contribution in [-0.4, -0.2) is 24.9 Å². The SMILES string of the molecule is CCCCc1ccc([C@@H]([NH2+]CC(=O)NCC(N)=O)c2cccs2)cc1. The van der Waals surface area contributed by atoms with Gasteiger partial charge in [0.25, 0.3) is 5.91 Å². The van der Waals surface area contributed by atoms with Crippen molar-refractivity contribution in [2.24, 2.45) is 5.73 Å². The number of carbonyl (C=O) groups excluding carboxylic acids is 2. The van der Waals surface area contributed by atoms with E-state index in [2.05, 4.69) is 42.6 Å². The predicted octanol–water partition coefficient (Wildman–Crippen LogP) is 1.35. The molecule has 2 rings (SSSR count). The van der Waals surface area contributed by atoms with E-state index in [0.717, 1.165) is 6.42 Å². The number of primary amides is 1. The van der Waals surface area contributed by atoms with Crippen LogP contribution in [0, 0.1) is 0 Å². The van der Waals surface area contributed by atoms with Gasteiger partial charge in [-0.05, 0) is 29.9 Å². The molecule has 2 amide bonds. The maximum atomic E-state index is 11.9. The number of unbranched alkanes of at least 4 members (excludes halogenated alkanes) is 1. The van der Waals surface area contributed by atoms with E-state index in [9.17, 15) is 9.59 Å². The summed E-state index contributed by atoms with van der Waals surface area (Å²) in [5.74, 6) is -0.731. The van der Waals surface area contributed by atoms with Crippen LogP contribution in [-0.2, 0) is 16.0 Å². The van der Waals surface area contributed by atoms with Gasteiger partial charge in [-0.3, -0.25) is 9.59 Å². The Balaban J connectivity index is 2.04. The van der Waals surface area contributed by atoms with Gasteiger partial charge in [-0.15, -0.1) is 11.3 Å². The molecule has 6 heteroatoms. The molecule has 0 bridgehead atoms. The summed E-state index contributed by atoms with van der Waals surface area (Å²) in [4.78, 5) is 23.8. The first-order chi connectivity index (χ1) is 12.1. The van der Waals surface area contributed by atoms with E-state index in [1.165, 1.54) is 28.8 Å². The van der Waals surface area contributed by atoms with Crippen LogP contribution in [0.3, 0.4) is 0 Å². The standard InChI is InChI=1S/C19H25N3O2S/c1-2-3-5-14-7-9-15(10-8-14)19(16-6-4-11-25-16)22-13-18(24)21-12-17(20)23/h4,6-11,19,22H,2-3,5,12-13H2,1H3,(H2,20,23)(H,21,24)/p+1/t19-/m1/s1. The highest BCUT2D eigenvalue weighted by Crippen LogP contribution is 2.23. The summed E-state index contributed by atoms with van der Waals surface area (Å²) in [6.45, 7) is 2.31. The average molecular weight is 361 g/mol. The van der Waals surface area contributed by atoms with E-state index in [0.29, 0.717) is 0 Å². The molecular formula is C19H26N3O2S+. The molecule has 0 spiro atoms. The Morgan fingerprint density at radius 1 is 1.24 bits per heavy atom. The van der Waals surface area contributed by atoms with Gasteiger partial charge in [0, 0.05) is 5.56 Å². The van der Waals surface area contributed by atoms with Gasteiger partial charge in [-0.1, -0.05) is 43.7 Å². The minimum Gasteiger partial charge on any atom is -0.368 e. The van der Waals surface area contributed by atoms with E-state index < -0.39 is 5.91 Å². The number of hydrogen-bond donors (Lipinski definition) is 3. The predicted molar refractivity (Wildman–Crippen MR) is 100 cm³/mol. The van der Waals surface area contributed by atoms with Gasteiger partial charge in [0.1, 0.15) is 6.04 Å². The molecule has 2 aromatic rings. The highest BCUT2D eigenvalue weighted by Gasteiger charge is 2.20. The molecule has 0 fully saturated rings. The molecule has 1 aromatic heterocycles. The molecule has 0 aliphatic heterocycles. The molecule has 25 heavy (non-hydrogen) atoms. The van der Waals surface area contributed by atoms with Crippen molar-refractivity contribution >= 4 is 23.2 Å². The Hall–Kier alpha value is -2.18. The van der Waals surface area contributed by atoms with Crippen LogP contribution in [0.4, 0.5) is 0 Å². The Morgan fingerprint density at radius 2 is 2.00 bits per heavy atom. The number of thiophene rings is 1. The van der Waals surface area contributed by atoms with Crippen molar-refractivity contribution in [3.05, 3.63) is 57.8 Å². The molecule has 134 valence electrons. The number of aryl methyl sites for hydroxylation is 1. The summed E-state index contributed by atoms with van der Waals surface area (Å²) in [6.07, 6.45) is 3.48. The van der Waals surface area contributed by atoms with Crippen molar-refractivity contribution in [1.29, 1.82) is 0 Å². The van der Waals surface area contributed by atoms with Crippen LogP contribution in [0.1, 0.15) is 41.8 Å². The molecule has 1 aromatic carbocycles. The van der Waals surface area contributed by atoms with E-state index >= 15 is 0 Å². The number of carbonyl (C=O) groups is 2. The van der Waals surface area contributed by atoms with Crippen molar-refractivity contribution in [2.75, 3.05) is 13.1 Å². The summed E-state index contributed by atoms with van der Waals surface area (Å²) in [5.41, 5.74) is 7.57. The maximum absolute atomic E-state index is 11.9. The Bertz CT molecular complexity index is 668. The first-order valence-electron chi connectivity index (χ1n) is 8.60. The summed E-state index contributed by atoms with van der Waals surface area (Å²) < 4.78 is 0. The van der Waals surface area contributed by atoms with Crippen LogP contribution in [0.25, 0.3) is 0 Å². The van der Waals surface area contributed by atoms with Crippen molar-refractivity contribution < 1.29 is 14.9 Å². The number of nitrogens with one attached hydrogen (secondary N) is 1. The van der Waals surface area contributed by atoms with E-state index in [-0.39, 0.29) is 25.0 Å². The number of benzene rings is 1. The molecule has 0 aliphatic carbocycles.